The molecule has 0 spiro atoms. The normalized spacial score (nSPS) is 13.3. The summed E-state index contributed by atoms with van der Waals surface area (Å²) in [7, 11) is 1.50. The molecule has 0 atom stereocenters. The first kappa shape index (κ1) is 21.6. The van der Waals surface area contributed by atoms with Crippen molar-refractivity contribution in [3.63, 3.8) is 0 Å². The third kappa shape index (κ3) is 4.09. The number of carbonyl (C=O) groups is 1. The van der Waals surface area contributed by atoms with E-state index < -0.39 is 5.97 Å². The number of methoxy groups -OCH3 is 1. The molecule has 0 fully saturated rings. The van der Waals surface area contributed by atoms with Crippen LogP contribution in [0, 0.1) is 13.8 Å². The van der Waals surface area contributed by atoms with Crippen molar-refractivity contribution in [2.75, 3.05) is 12.4 Å². The van der Waals surface area contributed by atoms with Crippen LogP contribution in [0.4, 0.5) is 11.5 Å². The molecule has 0 unspecified atom stereocenters. The van der Waals surface area contributed by atoms with Gasteiger partial charge in [0.2, 0.25) is 0 Å². The lowest BCUT2D eigenvalue weighted by Crippen LogP contribution is -2.09. The van der Waals surface area contributed by atoms with Crippen LogP contribution in [0.25, 0.3) is 11.3 Å². The van der Waals surface area contributed by atoms with Gasteiger partial charge in [0.05, 0.1) is 29.7 Å². The van der Waals surface area contributed by atoms with Gasteiger partial charge in [0.1, 0.15) is 16.7 Å². The van der Waals surface area contributed by atoms with Gasteiger partial charge in [0, 0.05) is 5.56 Å². The number of anilines is 2. The zero-order valence-electron chi connectivity index (χ0n) is 17.9. The molecule has 3 N–H and O–H groups in total. The highest BCUT2D eigenvalue weighted by molar-refractivity contribution is 8.05. The summed E-state index contributed by atoms with van der Waals surface area (Å²) in [6.07, 6.45) is 2.30. The molecule has 1 aliphatic heterocycles. The number of thioether (sulfide) groups is 1. The Kier molecular flexibility index (Phi) is 5.96. The first-order chi connectivity index (χ1) is 15.4. The van der Waals surface area contributed by atoms with Gasteiger partial charge in [0.25, 0.3) is 0 Å². The number of nitrogens with zero attached hydrogens (tertiary/aromatic N) is 2. The first-order valence-electron chi connectivity index (χ1n) is 9.98. The van der Waals surface area contributed by atoms with E-state index >= 15 is 0 Å². The van der Waals surface area contributed by atoms with E-state index in [0.29, 0.717) is 23.7 Å². The van der Waals surface area contributed by atoms with Crippen LogP contribution in [-0.4, -0.2) is 33.1 Å². The van der Waals surface area contributed by atoms with Gasteiger partial charge in [-0.15, -0.1) is 0 Å². The summed E-state index contributed by atoms with van der Waals surface area (Å²) < 4.78 is 7.01. The molecule has 2 aromatic carbocycles. The number of carboxylic acids is 1. The van der Waals surface area contributed by atoms with E-state index in [1.54, 1.807) is 22.9 Å². The largest absolute Gasteiger partial charge is 0.502 e. The number of aromatic nitrogens is 2. The van der Waals surface area contributed by atoms with Crippen molar-refractivity contribution in [2.24, 2.45) is 0 Å². The molecule has 0 amide bonds. The second-order valence-electron chi connectivity index (χ2n) is 7.36. The Bertz CT molecular complexity index is 1260. The van der Waals surface area contributed by atoms with Crippen molar-refractivity contribution < 1.29 is 19.7 Å². The van der Waals surface area contributed by atoms with E-state index in [4.69, 9.17) is 9.84 Å². The van der Waals surface area contributed by atoms with Gasteiger partial charge < -0.3 is 20.3 Å². The average Bonchev–Trinajstić information content (AvgIpc) is 3.10. The minimum Gasteiger partial charge on any atom is -0.502 e. The molecule has 0 saturated heterocycles. The van der Waals surface area contributed by atoms with Crippen LogP contribution < -0.4 is 10.1 Å². The highest BCUT2D eigenvalue weighted by Crippen LogP contribution is 2.39. The number of rotatable bonds is 6. The number of hydrogen-bond donors (Lipinski definition) is 3. The molecular formula is C24H23N3O4S. The number of para-hydroxylation sites is 1. The zero-order valence-corrected chi connectivity index (χ0v) is 18.7. The van der Waals surface area contributed by atoms with Gasteiger partial charge in [-0.25, -0.2) is 9.48 Å². The van der Waals surface area contributed by atoms with Crippen LogP contribution in [0.15, 0.2) is 59.0 Å². The summed E-state index contributed by atoms with van der Waals surface area (Å²) >= 11 is 1.25. The second-order valence-corrected chi connectivity index (χ2v) is 8.25. The molecule has 7 nitrogen and oxygen atoms in total. The number of nitrogens with one attached hydrogen (secondary N) is 1. The number of ether oxygens (including phenoxy) is 1. The van der Waals surface area contributed by atoms with Gasteiger partial charge in [-0.05, 0) is 67.2 Å². The third-order valence-corrected chi connectivity index (χ3v) is 6.06. The second kappa shape index (κ2) is 8.84. The van der Waals surface area contributed by atoms with E-state index in [1.165, 1.54) is 24.9 Å². The predicted octanol–water partition coefficient (Wildman–Crippen LogP) is 5.82. The van der Waals surface area contributed by atoms with E-state index in [0.717, 1.165) is 28.1 Å². The highest BCUT2D eigenvalue weighted by atomic mass is 32.2. The van der Waals surface area contributed by atoms with E-state index in [1.807, 2.05) is 43.5 Å². The van der Waals surface area contributed by atoms with Crippen molar-refractivity contribution >= 4 is 34.8 Å². The molecule has 32 heavy (non-hydrogen) atoms. The summed E-state index contributed by atoms with van der Waals surface area (Å²) in [5.74, 6) is 0.0572. The van der Waals surface area contributed by atoms with Crippen molar-refractivity contribution in [2.45, 2.75) is 20.3 Å². The molecule has 2 heterocycles. The number of benzene rings is 2. The van der Waals surface area contributed by atoms with Gasteiger partial charge in [-0.3, -0.25) is 0 Å². The zero-order chi connectivity index (χ0) is 22.8. The van der Waals surface area contributed by atoms with Crippen LogP contribution in [0.2, 0.25) is 0 Å². The summed E-state index contributed by atoms with van der Waals surface area (Å²) in [4.78, 5) is 11.9. The molecule has 164 valence electrons. The minimum absolute atomic E-state index is 0.0926. The van der Waals surface area contributed by atoms with Crippen molar-refractivity contribution in [3.05, 3.63) is 81.4 Å². The number of aliphatic hydroxyl groups excluding tert-OH is 1. The van der Waals surface area contributed by atoms with Crippen LogP contribution in [0.5, 0.6) is 5.75 Å². The van der Waals surface area contributed by atoms with Gasteiger partial charge in [0.15, 0.2) is 0 Å². The van der Waals surface area contributed by atoms with Crippen LogP contribution >= 0.6 is 11.8 Å². The molecule has 0 bridgehead atoms. The van der Waals surface area contributed by atoms with Crippen LogP contribution in [0.1, 0.15) is 33.6 Å². The summed E-state index contributed by atoms with van der Waals surface area (Å²) in [5, 5.41) is 29.8. The SMILES string of the molecule is COc1ccc(Nc2c(C3=CSC(O)=CC3)c(C)nn2-c2ccccc2C)c(C(=O)O)c1. The van der Waals surface area contributed by atoms with E-state index in [-0.39, 0.29) is 10.7 Å². The monoisotopic (exact) mass is 449 g/mol. The molecular weight excluding hydrogens is 426 g/mol. The Morgan fingerprint density at radius 1 is 1.22 bits per heavy atom. The Labute approximate surface area is 190 Å². The van der Waals surface area contributed by atoms with Gasteiger partial charge >= 0.3 is 5.97 Å². The Balaban J connectivity index is 1.90. The molecule has 0 aliphatic carbocycles. The predicted molar refractivity (Wildman–Crippen MR) is 127 cm³/mol. The number of carboxylic acid groups (broad SMARTS) is 1. The summed E-state index contributed by atoms with van der Waals surface area (Å²) in [6, 6.07) is 12.8. The maximum atomic E-state index is 11.9. The lowest BCUT2D eigenvalue weighted by molar-refractivity contribution is 0.0697. The quantitative estimate of drug-likeness (QED) is 0.436. The molecule has 0 saturated carbocycles. The molecule has 4 rings (SSSR count). The fourth-order valence-electron chi connectivity index (χ4n) is 3.65. The third-order valence-electron chi connectivity index (χ3n) is 5.25. The maximum absolute atomic E-state index is 11.9. The first-order valence-corrected chi connectivity index (χ1v) is 10.9. The molecule has 3 aromatic rings. The molecule has 1 aliphatic rings. The standard InChI is InChI=1S/C24H23N3O4S/c1-14-6-4-5-7-20(14)27-23(22(15(2)26-27)16-8-11-21(28)32-13-16)25-19-10-9-17(31-3)12-18(19)24(29)30/h4-7,9-13,25,28H,8H2,1-3H3,(H,29,30). The minimum atomic E-state index is -1.06. The summed E-state index contributed by atoms with van der Waals surface area (Å²) in [6.45, 7) is 3.92. The average molecular weight is 450 g/mol. The number of aromatic carboxylic acids is 1. The van der Waals surface area contributed by atoms with Crippen molar-refractivity contribution in [1.82, 2.24) is 9.78 Å². The Hall–Kier alpha value is -3.65. The van der Waals surface area contributed by atoms with Crippen LogP contribution in [-0.2, 0) is 0 Å². The number of aliphatic hydroxyl groups is 1. The lowest BCUT2D eigenvalue weighted by atomic mass is 10.0. The lowest BCUT2D eigenvalue weighted by Gasteiger charge is -2.17. The fraction of sp³-hybridized carbons (Fsp3) is 0.167. The molecule has 8 heteroatoms. The fourth-order valence-corrected chi connectivity index (χ4v) is 4.31. The van der Waals surface area contributed by atoms with Crippen molar-refractivity contribution in [3.8, 4) is 11.4 Å². The van der Waals surface area contributed by atoms with Crippen LogP contribution in [0.3, 0.4) is 0 Å². The topological polar surface area (TPSA) is 96.6 Å². The van der Waals surface area contributed by atoms with Gasteiger partial charge in [-0.1, -0.05) is 30.0 Å². The van der Waals surface area contributed by atoms with E-state index in [2.05, 4.69) is 5.32 Å². The smallest absolute Gasteiger partial charge is 0.337 e. The summed E-state index contributed by atoms with van der Waals surface area (Å²) in [5.41, 5.74) is 5.09. The Morgan fingerprint density at radius 3 is 2.66 bits per heavy atom. The highest BCUT2D eigenvalue weighted by Gasteiger charge is 2.23. The maximum Gasteiger partial charge on any atom is 0.337 e. The molecule has 1 aromatic heterocycles. The Morgan fingerprint density at radius 2 is 2.00 bits per heavy atom. The van der Waals surface area contributed by atoms with E-state index in [9.17, 15) is 15.0 Å². The van der Waals surface area contributed by atoms with Crippen molar-refractivity contribution in [1.29, 1.82) is 0 Å². The molecule has 0 radical (unpaired) electrons. The van der Waals surface area contributed by atoms with Gasteiger partial charge in [-0.2, -0.15) is 5.10 Å². The number of aryl methyl sites for hydroxylation is 2. The number of hydrogen-bond acceptors (Lipinski definition) is 6. The number of allylic oxidation sites excluding steroid dienone is 2.